The lowest BCUT2D eigenvalue weighted by Gasteiger charge is -2.23. The van der Waals surface area contributed by atoms with Crippen LogP contribution in [-0.2, 0) is 6.54 Å². The highest BCUT2D eigenvalue weighted by Crippen LogP contribution is 2.12. The number of aryl methyl sites for hydroxylation is 1. The van der Waals surface area contributed by atoms with Crippen molar-refractivity contribution in [2.75, 3.05) is 38.1 Å². The fraction of sp³-hybridized carbons (Fsp3) is 0.526. The summed E-state index contributed by atoms with van der Waals surface area (Å²) < 4.78 is 2.00. The fourth-order valence-corrected chi connectivity index (χ4v) is 2.77. The summed E-state index contributed by atoms with van der Waals surface area (Å²) in [7, 11) is 1.81. The molecule has 0 spiro atoms. The van der Waals surface area contributed by atoms with Crippen LogP contribution in [0.5, 0.6) is 0 Å². The van der Waals surface area contributed by atoms with E-state index in [4.69, 9.17) is 0 Å². The van der Waals surface area contributed by atoms with Crippen molar-refractivity contribution >= 4 is 35.6 Å². The second-order valence-corrected chi connectivity index (χ2v) is 6.10. The number of hydrogen-bond donors (Lipinski definition) is 2. The smallest absolute Gasteiger partial charge is 0.190 e. The zero-order chi connectivity index (χ0) is 18.5. The summed E-state index contributed by atoms with van der Waals surface area (Å²) in [5, 5.41) is 14.4. The van der Waals surface area contributed by atoms with E-state index in [1.807, 2.05) is 11.6 Å². The van der Waals surface area contributed by atoms with E-state index in [0.717, 1.165) is 57.9 Å². The molecule has 0 fully saturated rings. The summed E-state index contributed by atoms with van der Waals surface area (Å²) in [4.78, 5) is 6.68. The largest absolute Gasteiger partial charge is 0.372 e. The van der Waals surface area contributed by atoms with Gasteiger partial charge in [0.25, 0.3) is 0 Å². The van der Waals surface area contributed by atoms with Gasteiger partial charge in [0, 0.05) is 45.5 Å². The molecule has 0 aliphatic carbocycles. The molecule has 2 N–H and O–H groups in total. The molecule has 2 rings (SSSR count). The van der Waals surface area contributed by atoms with Crippen molar-refractivity contribution in [3.63, 3.8) is 0 Å². The van der Waals surface area contributed by atoms with Gasteiger partial charge in [0.1, 0.15) is 12.7 Å². The van der Waals surface area contributed by atoms with Gasteiger partial charge in [0.05, 0.1) is 0 Å². The highest BCUT2D eigenvalue weighted by atomic mass is 127. The molecule has 150 valence electrons. The number of nitrogens with zero attached hydrogens (tertiary/aromatic N) is 5. The van der Waals surface area contributed by atoms with Crippen LogP contribution < -0.4 is 15.5 Å². The van der Waals surface area contributed by atoms with Gasteiger partial charge < -0.3 is 20.1 Å². The van der Waals surface area contributed by atoms with E-state index in [1.54, 1.807) is 12.7 Å². The van der Waals surface area contributed by atoms with Gasteiger partial charge in [0.2, 0.25) is 0 Å². The number of anilines is 1. The Morgan fingerprint density at radius 1 is 1.04 bits per heavy atom. The lowest BCUT2D eigenvalue weighted by Crippen LogP contribution is -2.39. The monoisotopic (exact) mass is 485 g/mol. The van der Waals surface area contributed by atoms with Crippen LogP contribution in [0, 0.1) is 0 Å². The maximum Gasteiger partial charge on any atom is 0.190 e. The molecular formula is C19H32IN7. The van der Waals surface area contributed by atoms with E-state index in [2.05, 4.69) is 68.0 Å². The van der Waals surface area contributed by atoms with E-state index >= 15 is 0 Å². The molecule has 0 amide bonds. The van der Waals surface area contributed by atoms with Gasteiger partial charge in [-0.05, 0) is 38.3 Å². The van der Waals surface area contributed by atoms with Gasteiger partial charge in [-0.2, -0.15) is 0 Å². The molecule has 0 aliphatic rings. The van der Waals surface area contributed by atoms with Crippen molar-refractivity contribution in [2.24, 2.45) is 4.99 Å². The van der Waals surface area contributed by atoms with Crippen molar-refractivity contribution in [1.82, 2.24) is 25.4 Å². The maximum atomic E-state index is 4.29. The second kappa shape index (κ2) is 14.2. The Hall–Kier alpha value is -1.84. The summed E-state index contributed by atoms with van der Waals surface area (Å²) in [5.41, 5.74) is 1.28. The molecule has 8 heteroatoms. The van der Waals surface area contributed by atoms with Crippen LogP contribution in [-0.4, -0.2) is 54.0 Å². The molecule has 1 aromatic carbocycles. The molecule has 7 nitrogen and oxygen atoms in total. The molecule has 1 heterocycles. The van der Waals surface area contributed by atoms with Crippen LogP contribution >= 0.6 is 24.0 Å². The lowest BCUT2D eigenvalue weighted by molar-refractivity contribution is 0.597. The number of para-hydroxylation sites is 1. The van der Waals surface area contributed by atoms with Crippen LogP contribution in [0.2, 0.25) is 0 Å². The fourth-order valence-electron chi connectivity index (χ4n) is 2.77. The molecule has 0 aliphatic heterocycles. The van der Waals surface area contributed by atoms with Crippen molar-refractivity contribution in [1.29, 1.82) is 0 Å². The van der Waals surface area contributed by atoms with Gasteiger partial charge >= 0.3 is 0 Å². The number of guanidine groups is 1. The molecule has 0 atom stereocenters. The average molecular weight is 485 g/mol. The predicted molar refractivity (Wildman–Crippen MR) is 123 cm³/mol. The summed E-state index contributed by atoms with van der Waals surface area (Å²) >= 11 is 0. The van der Waals surface area contributed by atoms with Crippen molar-refractivity contribution in [2.45, 2.75) is 32.7 Å². The van der Waals surface area contributed by atoms with Crippen molar-refractivity contribution in [3.8, 4) is 0 Å². The van der Waals surface area contributed by atoms with Crippen LogP contribution in [0.3, 0.4) is 0 Å². The Morgan fingerprint density at radius 2 is 1.70 bits per heavy atom. The first-order chi connectivity index (χ1) is 12.8. The Balaban J connectivity index is 0.00000364. The number of hydrogen-bond acceptors (Lipinski definition) is 4. The van der Waals surface area contributed by atoms with Crippen LogP contribution in [0.4, 0.5) is 5.69 Å². The zero-order valence-corrected chi connectivity index (χ0v) is 18.7. The molecule has 1 aromatic heterocycles. The topological polar surface area (TPSA) is 70.4 Å². The number of nitrogens with one attached hydrogen (secondary N) is 2. The molecular weight excluding hydrogens is 453 g/mol. The highest BCUT2D eigenvalue weighted by Gasteiger charge is 2.03. The number of halogens is 1. The van der Waals surface area contributed by atoms with Gasteiger partial charge in [0.15, 0.2) is 5.96 Å². The minimum absolute atomic E-state index is 0. The maximum absolute atomic E-state index is 4.29. The number of rotatable bonds is 11. The lowest BCUT2D eigenvalue weighted by atomic mass is 10.2. The zero-order valence-electron chi connectivity index (χ0n) is 16.3. The van der Waals surface area contributed by atoms with Crippen LogP contribution in [0.15, 0.2) is 48.0 Å². The molecule has 0 radical (unpaired) electrons. The Labute approximate surface area is 179 Å². The highest BCUT2D eigenvalue weighted by molar-refractivity contribution is 14.0. The van der Waals surface area contributed by atoms with Crippen LogP contribution in [0.25, 0.3) is 0 Å². The minimum atomic E-state index is 0. The third-order valence-corrected chi connectivity index (χ3v) is 4.23. The molecule has 2 aromatic rings. The SMILES string of the molecule is CCN(CCCNC(=NC)NCCCCn1cnnc1)c1ccccc1.I. The minimum Gasteiger partial charge on any atom is -0.372 e. The molecule has 0 saturated carbocycles. The molecule has 27 heavy (non-hydrogen) atoms. The van der Waals surface area contributed by atoms with Gasteiger partial charge in [-0.3, -0.25) is 4.99 Å². The first-order valence-electron chi connectivity index (χ1n) is 9.40. The first kappa shape index (κ1) is 23.2. The van der Waals surface area contributed by atoms with Gasteiger partial charge in [-0.25, -0.2) is 0 Å². The van der Waals surface area contributed by atoms with E-state index in [-0.39, 0.29) is 24.0 Å². The Kier molecular flexibility index (Phi) is 12.2. The van der Waals surface area contributed by atoms with E-state index in [0.29, 0.717) is 0 Å². The number of benzene rings is 1. The standard InChI is InChI=1S/C19H31N7.HI/c1-3-26(18-10-5-4-6-11-18)15-9-13-22-19(20-2)21-12-7-8-14-25-16-23-24-17-25;/h4-6,10-11,16-17H,3,7-9,12-15H2,1-2H3,(H2,20,21,22);1H. The van der Waals surface area contributed by atoms with E-state index in [1.165, 1.54) is 5.69 Å². The quantitative estimate of drug-likeness (QED) is 0.222. The number of aliphatic imine (C=N–C) groups is 1. The summed E-state index contributed by atoms with van der Waals surface area (Å²) in [5.74, 6) is 0.872. The number of unbranched alkanes of at least 4 members (excludes halogenated alkanes) is 1. The second-order valence-electron chi connectivity index (χ2n) is 6.10. The summed E-state index contributed by atoms with van der Waals surface area (Å²) in [6.45, 7) is 7.01. The third-order valence-electron chi connectivity index (χ3n) is 4.23. The van der Waals surface area contributed by atoms with Crippen molar-refractivity contribution in [3.05, 3.63) is 43.0 Å². The van der Waals surface area contributed by atoms with E-state index in [9.17, 15) is 0 Å². The Bertz CT molecular complexity index is 616. The van der Waals surface area contributed by atoms with Gasteiger partial charge in [-0.1, -0.05) is 18.2 Å². The molecule has 0 unspecified atom stereocenters. The normalized spacial score (nSPS) is 11.0. The van der Waals surface area contributed by atoms with Crippen LogP contribution in [0.1, 0.15) is 26.2 Å². The Morgan fingerprint density at radius 3 is 2.33 bits per heavy atom. The average Bonchev–Trinajstić information content (AvgIpc) is 3.20. The summed E-state index contributed by atoms with van der Waals surface area (Å²) in [6, 6.07) is 10.6. The predicted octanol–water partition coefficient (Wildman–Crippen LogP) is 2.76. The molecule has 0 saturated heterocycles. The third kappa shape index (κ3) is 9.07. The molecule has 0 bridgehead atoms. The summed E-state index contributed by atoms with van der Waals surface area (Å²) in [6.07, 6.45) is 6.74. The van der Waals surface area contributed by atoms with Crippen molar-refractivity contribution < 1.29 is 0 Å². The van der Waals surface area contributed by atoms with Gasteiger partial charge in [-0.15, -0.1) is 34.2 Å². The van der Waals surface area contributed by atoms with E-state index < -0.39 is 0 Å². The number of aromatic nitrogens is 3. The first-order valence-corrected chi connectivity index (χ1v) is 9.40.